The SMILES string of the molecule is CCc1c(C=NCCc2ccccc2)c(CC)c(C=NCC[N+](C)(C)C)c(CC)c1C=NCCc1ccccc1. The van der Waals surface area contributed by atoms with Gasteiger partial charge < -0.3 is 4.48 Å². The van der Waals surface area contributed by atoms with Gasteiger partial charge in [-0.3, -0.25) is 15.0 Å². The van der Waals surface area contributed by atoms with E-state index in [0.29, 0.717) is 0 Å². The van der Waals surface area contributed by atoms with Crippen LogP contribution in [0.3, 0.4) is 0 Å². The molecule has 3 aromatic rings. The quantitative estimate of drug-likeness (QED) is 0.151. The van der Waals surface area contributed by atoms with Crippen molar-refractivity contribution in [3.63, 3.8) is 0 Å². The van der Waals surface area contributed by atoms with Gasteiger partial charge in [0.2, 0.25) is 0 Å². The summed E-state index contributed by atoms with van der Waals surface area (Å²) in [6, 6.07) is 21.2. The minimum absolute atomic E-state index is 0.777. The number of hydrogen-bond donors (Lipinski definition) is 0. The minimum atomic E-state index is 0.777. The number of benzene rings is 3. The van der Waals surface area contributed by atoms with E-state index in [2.05, 4.69) is 121 Å². The van der Waals surface area contributed by atoms with E-state index in [1.54, 1.807) is 0 Å². The van der Waals surface area contributed by atoms with Gasteiger partial charge in [-0.25, -0.2) is 0 Å². The van der Waals surface area contributed by atoms with Gasteiger partial charge in [-0.1, -0.05) is 81.4 Å². The smallest absolute Gasteiger partial charge is 0.0979 e. The standard InChI is InChI=1S/C36H49N4/c1-7-31-34(26-37-22-20-29-16-12-10-13-17-29)32(8-2)36(28-39-24-25-40(4,5)6)33(9-3)35(31)27-38-23-21-30-18-14-11-15-19-30/h10-19,26-28H,7-9,20-25H2,1-6H3/q+1. The molecule has 0 aromatic heterocycles. The molecule has 0 unspecified atom stereocenters. The van der Waals surface area contributed by atoms with Crippen LogP contribution < -0.4 is 0 Å². The predicted molar refractivity (Wildman–Crippen MR) is 175 cm³/mol. The van der Waals surface area contributed by atoms with E-state index < -0.39 is 0 Å². The van der Waals surface area contributed by atoms with Crippen LogP contribution >= 0.6 is 0 Å². The van der Waals surface area contributed by atoms with Crippen molar-refractivity contribution in [2.45, 2.75) is 52.9 Å². The van der Waals surface area contributed by atoms with E-state index in [-0.39, 0.29) is 0 Å². The Bertz CT molecular complexity index is 1180. The molecule has 0 amide bonds. The molecular weight excluding hydrogens is 488 g/mol. The normalized spacial score (nSPS) is 12.3. The molecule has 3 aromatic carbocycles. The topological polar surface area (TPSA) is 37.1 Å². The number of nitrogens with zero attached hydrogens (tertiary/aromatic N) is 4. The summed E-state index contributed by atoms with van der Waals surface area (Å²) in [6.45, 7) is 10.1. The number of likely N-dealkylation sites (N-methyl/N-ethyl adjacent to an activating group) is 1. The fourth-order valence-corrected chi connectivity index (χ4v) is 5.09. The van der Waals surface area contributed by atoms with E-state index in [4.69, 9.17) is 15.0 Å². The Labute approximate surface area is 243 Å². The van der Waals surface area contributed by atoms with Gasteiger partial charge in [0, 0.05) is 31.7 Å². The second-order valence-electron chi connectivity index (χ2n) is 11.3. The van der Waals surface area contributed by atoms with Crippen LogP contribution in [0.2, 0.25) is 0 Å². The molecule has 40 heavy (non-hydrogen) atoms. The van der Waals surface area contributed by atoms with Crippen LogP contribution in [-0.2, 0) is 32.1 Å². The van der Waals surface area contributed by atoms with Gasteiger partial charge in [-0.05, 0) is 76.6 Å². The number of hydrogen-bond acceptors (Lipinski definition) is 3. The monoisotopic (exact) mass is 537 g/mol. The highest BCUT2D eigenvalue weighted by molar-refractivity contribution is 5.99. The minimum Gasteiger partial charge on any atom is -0.329 e. The van der Waals surface area contributed by atoms with E-state index in [1.807, 2.05) is 0 Å². The fraction of sp³-hybridized carbons (Fsp3) is 0.417. The molecule has 4 nitrogen and oxygen atoms in total. The summed E-state index contributed by atoms with van der Waals surface area (Å²) in [6.07, 6.45) is 11.1. The Morgan fingerprint density at radius 2 is 0.875 bits per heavy atom. The third kappa shape index (κ3) is 9.38. The number of quaternary nitrogens is 1. The first kappa shape index (κ1) is 31.2. The predicted octanol–water partition coefficient (Wildman–Crippen LogP) is 6.82. The summed E-state index contributed by atoms with van der Waals surface area (Å²) in [7, 11) is 6.65. The zero-order valence-corrected chi connectivity index (χ0v) is 25.7. The van der Waals surface area contributed by atoms with Crippen LogP contribution in [0.15, 0.2) is 75.6 Å². The Kier molecular flexibility index (Phi) is 12.5. The molecule has 0 aliphatic carbocycles. The van der Waals surface area contributed by atoms with Gasteiger partial charge in [0.1, 0.15) is 0 Å². The summed E-state index contributed by atoms with van der Waals surface area (Å²) in [5, 5.41) is 0. The summed E-state index contributed by atoms with van der Waals surface area (Å²) < 4.78 is 0.909. The molecule has 0 aliphatic rings. The van der Waals surface area contributed by atoms with Crippen molar-refractivity contribution >= 4 is 18.6 Å². The zero-order valence-electron chi connectivity index (χ0n) is 25.7. The van der Waals surface area contributed by atoms with Gasteiger partial charge >= 0.3 is 0 Å². The Hall–Kier alpha value is -3.37. The lowest BCUT2D eigenvalue weighted by molar-refractivity contribution is -0.868. The second kappa shape index (κ2) is 16.0. The summed E-state index contributed by atoms with van der Waals surface area (Å²) in [5.41, 5.74) is 10.5. The van der Waals surface area contributed by atoms with Crippen molar-refractivity contribution < 1.29 is 4.48 Å². The van der Waals surface area contributed by atoms with Crippen molar-refractivity contribution in [2.75, 3.05) is 47.3 Å². The summed E-state index contributed by atoms with van der Waals surface area (Å²) in [5.74, 6) is 0. The van der Waals surface area contributed by atoms with E-state index in [9.17, 15) is 0 Å². The lowest BCUT2D eigenvalue weighted by Gasteiger charge is -2.23. The molecular formula is C36H49N4+. The highest BCUT2D eigenvalue weighted by Crippen LogP contribution is 2.28. The first-order valence-electron chi connectivity index (χ1n) is 15.0. The molecule has 0 atom stereocenters. The van der Waals surface area contributed by atoms with Crippen molar-refractivity contribution in [3.05, 3.63) is 105 Å². The summed E-state index contributed by atoms with van der Waals surface area (Å²) >= 11 is 0. The Balaban J connectivity index is 2.00. The molecule has 0 bridgehead atoms. The van der Waals surface area contributed by atoms with Crippen molar-refractivity contribution in [1.29, 1.82) is 0 Å². The van der Waals surface area contributed by atoms with Gasteiger partial charge in [-0.15, -0.1) is 0 Å². The molecule has 4 heteroatoms. The third-order valence-corrected chi connectivity index (χ3v) is 7.32. The molecule has 0 spiro atoms. The highest BCUT2D eigenvalue weighted by atomic mass is 15.3. The molecule has 0 saturated carbocycles. The molecule has 0 aliphatic heterocycles. The zero-order chi connectivity index (χ0) is 28.8. The lowest BCUT2D eigenvalue weighted by atomic mass is 9.84. The van der Waals surface area contributed by atoms with E-state index in [1.165, 1.54) is 44.5 Å². The van der Waals surface area contributed by atoms with Crippen molar-refractivity contribution in [3.8, 4) is 0 Å². The highest BCUT2D eigenvalue weighted by Gasteiger charge is 2.19. The first-order chi connectivity index (χ1) is 19.4. The van der Waals surface area contributed by atoms with E-state index in [0.717, 1.165) is 62.8 Å². The van der Waals surface area contributed by atoms with Gasteiger partial charge in [0.25, 0.3) is 0 Å². The van der Waals surface area contributed by atoms with Crippen molar-refractivity contribution in [1.82, 2.24) is 0 Å². The Morgan fingerprint density at radius 3 is 1.20 bits per heavy atom. The molecule has 0 heterocycles. The average molecular weight is 538 g/mol. The lowest BCUT2D eigenvalue weighted by Crippen LogP contribution is -2.36. The van der Waals surface area contributed by atoms with Gasteiger partial charge in [0.15, 0.2) is 0 Å². The maximum Gasteiger partial charge on any atom is 0.0979 e. The fourth-order valence-electron chi connectivity index (χ4n) is 5.09. The van der Waals surface area contributed by atoms with Crippen LogP contribution in [0.1, 0.15) is 65.3 Å². The van der Waals surface area contributed by atoms with Crippen LogP contribution in [0, 0.1) is 0 Å². The molecule has 0 fully saturated rings. The van der Waals surface area contributed by atoms with Crippen LogP contribution in [0.4, 0.5) is 0 Å². The van der Waals surface area contributed by atoms with E-state index >= 15 is 0 Å². The molecule has 212 valence electrons. The van der Waals surface area contributed by atoms with Gasteiger partial charge in [-0.2, -0.15) is 0 Å². The summed E-state index contributed by atoms with van der Waals surface area (Å²) in [4.78, 5) is 14.8. The second-order valence-corrected chi connectivity index (χ2v) is 11.3. The van der Waals surface area contributed by atoms with Crippen molar-refractivity contribution in [2.24, 2.45) is 15.0 Å². The van der Waals surface area contributed by atoms with Crippen LogP contribution in [0.5, 0.6) is 0 Å². The third-order valence-electron chi connectivity index (χ3n) is 7.32. The van der Waals surface area contributed by atoms with Crippen LogP contribution in [-0.4, -0.2) is 70.4 Å². The molecule has 0 saturated heterocycles. The molecule has 0 radical (unpaired) electrons. The first-order valence-corrected chi connectivity index (χ1v) is 15.0. The number of rotatable bonds is 15. The average Bonchev–Trinajstić information content (AvgIpc) is 2.96. The Morgan fingerprint density at radius 1 is 0.525 bits per heavy atom. The van der Waals surface area contributed by atoms with Crippen LogP contribution in [0.25, 0.3) is 0 Å². The molecule has 3 rings (SSSR count). The maximum atomic E-state index is 4.94. The maximum absolute atomic E-state index is 4.94. The number of aliphatic imine (C=N–C) groups is 3. The molecule has 0 N–H and O–H groups in total. The van der Waals surface area contributed by atoms with Gasteiger partial charge in [0.05, 0.1) is 34.2 Å². The largest absolute Gasteiger partial charge is 0.329 e.